The first kappa shape index (κ1) is 29.5. The second-order valence-electron chi connectivity index (χ2n) is 10.2. The number of piperazine rings is 1. The van der Waals surface area contributed by atoms with Gasteiger partial charge in [0.2, 0.25) is 5.79 Å². The minimum Gasteiger partial charge on any atom is -0.491 e. The molecule has 2 aliphatic heterocycles. The third-order valence-electron chi connectivity index (χ3n) is 7.50. The van der Waals surface area contributed by atoms with E-state index in [9.17, 15) is 9.90 Å². The maximum atomic E-state index is 11.2. The lowest BCUT2D eigenvalue weighted by Crippen LogP contribution is -2.49. The molecule has 0 radical (unpaired) electrons. The standard InChI is InChI=1S/C29H35Cl2N5O5/c1-2-35(28(37)38)14-11-33-12-15-36(16-13-33)23-4-6-24(7-5-23)39-18-25-19-40-29(41-25,20-34-10-9-32-21-34)26-8-3-22(30)17-27(26)31/h3-10,17,21,25H,2,11-16,18-20H2,1H3,(H,37,38)/t25-,29-/m1/s1. The number of likely N-dealkylation sites (N-methyl/N-ethyl adjacent to an activating group) is 1. The molecule has 5 rings (SSSR count). The van der Waals surface area contributed by atoms with Crippen molar-refractivity contribution in [3.63, 3.8) is 0 Å². The molecule has 220 valence electrons. The molecule has 0 saturated carbocycles. The number of hydrogen-bond acceptors (Lipinski definition) is 7. The van der Waals surface area contributed by atoms with E-state index in [-0.39, 0.29) is 6.10 Å². The Hall–Kier alpha value is -3.02. The van der Waals surface area contributed by atoms with E-state index < -0.39 is 11.9 Å². The van der Waals surface area contributed by atoms with Crippen LogP contribution in [0.2, 0.25) is 10.0 Å². The summed E-state index contributed by atoms with van der Waals surface area (Å²) in [7, 11) is 0. The Morgan fingerprint density at radius 2 is 1.95 bits per heavy atom. The maximum Gasteiger partial charge on any atom is 0.407 e. The van der Waals surface area contributed by atoms with Crippen LogP contribution in [0.15, 0.2) is 61.2 Å². The van der Waals surface area contributed by atoms with Crippen LogP contribution in [0.5, 0.6) is 5.75 Å². The van der Waals surface area contributed by atoms with Gasteiger partial charge in [0.25, 0.3) is 0 Å². The summed E-state index contributed by atoms with van der Waals surface area (Å²) in [6, 6.07) is 13.4. The van der Waals surface area contributed by atoms with Gasteiger partial charge >= 0.3 is 6.09 Å². The van der Waals surface area contributed by atoms with E-state index in [0.29, 0.717) is 48.5 Å². The van der Waals surface area contributed by atoms with E-state index >= 15 is 0 Å². The van der Waals surface area contributed by atoms with Crippen LogP contribution in [-0.4, -0.2) is 95.7 Å². The topological polar surface area (TPSA) is 92.5 Å². The van der Waals surface area contributed by atoms with Crippen LogP contribution in [0.3, 0.4) is 0 Å². The van der Waals surface area contributed by atoms with Crippen molar-refractivity contribution >= 4 is 35.0 Å². The number of nitrogens with zero attached hydrogens (tertiary/aromatic N) is 5. The third-order valence-corrected chi connectivity index (χ3v) is 8.05. The fraction of sp³-hybridized carbons (Fsp3) is 0.448. The van der Waals surface area contributed by atoms with Gasteiger partial charge in [-0.3, -0.25) is 4.90 Å². The van der Waals surface area contributed by atoms with Gasteiger partial charge in [-0.25, -0.2) is 9.78 Å². The highest BCUT2D eigenvalue weighted by molar-refractivity contribution is 6.35. The number of aromatic nitrogens is 2. The number of amides is 1. The highest BCUT2D eigenvalue weighted by Crippen LogP contribution is 2.40. The average Bonchev–Trinajstić information content (AvgIpc) is 3.63. The number of anilines is 1. The number of imidazole rings is 1. The van der Waals surface area contributed by atoms with E-state index in [0.717, 1.165) is 44.2 Å². The Labute approximate surface area is 249 Å². The first-order valence-corrected chi connectivity index (χ1v) is 14.5. The zero-order valence-electron chi connectivity index (χ0n) is 23.0. The normalized spacial score (nSPS) is 21.2. The summed E-state index contributed by atoms with van der Waals surface area (Å²) in [5, 5.41) is 10.2. The Kier molecular flexibility index (Phi) is 9.57. The molecular formula is C29H35Cl2N5O5. The first-order valence-electron chi connectivity index (χ1n) is 13.8. The average molecular weight is 605 g/mol. The van der Waals surface area contributed by atoms with Crippen molar-refractivity contribution in [2.24, 2.45) is 0 Å². The fourth-order valence-corrected chi connectivity index (χ4v) is 5.75. The van der Waals surface area contributed by atoms with Crippen LogP contribution in [0, 0.1) is 0 Å². The number of hydrogen-bond donors (Lipinski definition) is 1. The van der Waals surface area contributed by atoms with Crippen molar-refractivity contribution in [3.8, 4) is 5.75 Å². The van der Waals surface area contributed by atoms with Crippen molar-refractivity contribution in [2.75, 3.05) is 63.9 Å². The molecule has 2 aliphatic rings. The van der Waals surface area contributed by atoms with Crippen molar-refractivity contribution in [1.82, 2.24) is 19.4 Å². The summed E-state index contributed by atoms with van der Waals surface area (Å²) in [6.45, 7) is 8.26. The quantitative estimate of drug-likeness (QED) is 0.338. The highest BCUT2D eigenvalue weighted by Gasteiger charge is 2.45. The number of carboxylic acid groups (broad SMARTS) is 1. The molecule has 2 fully saturated rings. The predicted octanol–water partition coefficient (Wildman–Crippen LogP) is 4.66. The van der Waals surface area contributed by atoms with Crippen molar-refractivity contribution in [2.45, 2.75) is 25.4 Å². The molecule has 1 N–H and O–H groups in total. The minimum absolute atomic E-state index is 0.303. The van der Waals surface area contributed by atoms with Crippen LogP contribution >= 0.6 is 23.2 Å². The summed E-state index contributed by atoms with van der Waals surface area (Å²) in [5.74, 6) is -0.342. The molecule has 2 saturated heterocycles. The SMILES string of the molecule is CCN(CCN1CCN(c2ccc(OC[C@@H]3CO[C@@](Cn4ccnc4)(c4ccc(Cl)cc4Cl)O3)cc2)CC1)C(=O)O. The molecule has 2 atom stereocenters. The Bertz CT molecular complexity index is 1290. The molecule has 0 aliphatic carbocycles. The smallest absolute Gasteiger partial charge is 0.407 e. The Morgan fingerprint density at radius 3 is 2.61 bits per heavy atom. The van der Waals surface area contributed by atoms with E-state index in [1.165, 1.54) is 4.90 Å². The van der Waals surface area contributed by atoms with Crippen LogP contribution < -0.4 is 9.64 Å². The molecule has 1 aromatic heterocycles. The molecular weight excluding hydrogens is 569 g/mol. The summed E-state index contributed by atoms with van der Waals surface area (Å²) in [6.07, 6.45) is 4.10. The monoisotopic (exact) mass is 603 g/mol. The number of rotatable bonds is 11. The molecule has 3 heterocycles. The highest BCUT2D eigenvalue weighted by atomic mass is 35.5. The van der Waals surface area contributed by atoms with Gasteiger partial charge in [0.15, 0.2) is 0 Å². The van der Waals surface area contributed by atoms with Crippen LogP contribution in [0.4, 0.5) is 10.5 Å². The van der Waals surface area contributed by atoms with E-state index in [1.54, 1.807) is 24.7 Å². The van der Waals surface area contributed by atoms with Gasteiger partial charge in [-0.2, -0.15) is 0 Å². The summed E-state index contributed by atoms with van der Waals surface area (Å²) in [4.78, 5) is 21.4. The van der Waals surface area contributed by atoms with Gasteiger partial charge in [0.05, 0.1) is 24.5 Å². The number of halogens is 2. The number of ether oxygens (including phenoxy) is 3. The van der Waals surface area contributed by atoms with Gasteiger partial charge < -0.3 is 33.7 Å². The second kappa shape index (κ2) is 13.3. The zero-order chi connectivity index (χ0) is 28.8. The summed E-state index contributed by atoms with van der Waals surface area (Å²) >= 11 is 12.7. The van der Waals surface area contributed by atoms with Gasteiger partial charge in [-0.15, -0.1) is 0 Å². The Morgan fingerprint density at radius 1 is 1.17 bits per heavy atom. The molecule has 0 spiro atoms. The molecule has 3 aromatic rings. The first-order chi connectivity index (χ1) is 19.8. The predicted molar refractivity (Wildman–Crippen MR) is 157 cm³/mol. The second-order valence-corrected chi connectivity index (χ2v) is 11.0. The largest absolute Gasteiger partial charge is 0.491 e. The molecule has 0 unspecified atom stereocenters. The van der Waals surface area contributed by atoms with Gasteiger partial charge in [-0.1, -0.05) is 29.3 Å². The van der Waals surface area contributed by atoms with Gasteiger partial charge in [-0.05, 0) is 43.3 Å². The van der Waals surface area contributed by atoms with Crippen molar-refractivity contribution < 1.29 is 24.1 Å². The van der Waals surface area contributed by atoms with E-state index in [2.05, 4.69) is 26.9 Å². The molecule has 41 heavy (non-hydrogen) atoms. The van der Waals surface area contributed by atoms with Crippen LogP contribution in [-0.2, 0) is 21.8 Å². The van der Waals surface area contributed by atoms with Gasteiger partial charge in [0.1, 0.15) is 18.5 Å². The van der Waals surface area contributed by atoms with Gasteiger partial charge in [0, 0.05) is 74.5 Å². The minimum atomic E-state index is -1.09. The van der Waals surface area contributed by atoms with E-state index in [1.807, 2.05) is 35.9 Å². The summed E-state index contributed by atoms with van der Waals surface area (Å²) < 4.78 is 20.7. The maximum absolute atomic E-state index is 11.2. The molecule has 0 bridgehead atoms. The van der Waals surface area contributed by atoms with Crippen LogP contribution in [0.25, 0.3) is 0 Å². The lowest BCUT2D eigenvalue weighted by Gasteiger charge is -2.36. The van der Waals surface area contributed by atoms with Crippen LogP contribution in [0.1, 0.15) is 12.5 Å². The molecule has 12 heteroatoms. The van der Waals surface area contributed by atoms with Crippen molar-refractivity contribution in [1.29, 1.82) is 0 Å². The third kappa shape index (κ3) is 7.25. The van der Waals surface area contributed by atoms with Crippen molar-refractivity contribution in [3.05, 3.63) is 76.8 Å². The number of carbonyl (C=O) groups is 1. The molecule has 10 nitrogen and oxygen atoms in total. The van der Waals surface area contributed by atoms with E-state index in [4.69, 9.17) is 37.4 Å². The number of benzene rings is 2. The lowest BCUT2D eigenvalue weighted by atomic mass is 10.1. The fourth-order valence-electron chi connectivity index (χ4n) is 5.20. The lowest BCUT2D eigenvalue weighted by molar-refractivity contribution is -0.189. The summed E-state index contributed by atoms with van der Waals surface area (Å²) in [5.41, 5.74) is 1.84. The molecule has 2 aromatic carbocycles. The zero-order valence-corrected chi connectivity index (χ0v) is 24.5. The molecule has 1 amide bonds. The Balaban J connectivity index is 1.14.